The van der Waals surface area contributed by atoms with Crippen LogP contribution < -0.4 is 10.6 Å². The Morgan fingerprint density at radius 3 is 2.68 bits per heavy atom. The van der Waals surface area contributed by atoms with Gasteiger partial charge in [0.05, 0.1) is 24.2 Å². The maximum absolute atomic E-state index is 12.4. The zero-order valence-corrected chi connectivity index (χ0v) is 17.9. The molecule has 0 aliphatic carbocycles. The number of hydrogen-bond acceptors (Lipinski definition) is 7. The number of carbonyl (C=O) groups excluding carboxylic acids is 1. The topological polar surface area (TPSA) is 122 Å². The molecule has 0 aromatic heterocycles. The summed E-state index contributed by atoms with van der Waals surface area (Å²) in [4.78, 5) is 26.3. The lowest BCUT2D eigenvalue weighted by molar-refractivity contribution is -0.163. The summed E-state index contributed by atoms with van der Waals surface area (Å²) < 4.78 is 0. The quantitative estimate of drug-likeness (QED) is 0.338. The highest BCUT2D eigenvalue weighted by Crippen LogP contribution is 2.51. The van der Waals surface area contributed by atoms with Crippen molar-refractivity contribution in [1.29, 1.82) is 0 Å². The Kier molecular flexibility index (Phi) is 7.80. The summed E-state index contributed by atoms with van der Waals surface area (Å²) in [5.41, 5.74) is 0.0681. The highest BCUT2D eigenvalue weighted by Gasteiger charge is 2.60. The Bertz CT molecular complexity index is 647. The van der Waals surface area contributed by atoms with E-state index in [1.807, 2.05) is 14.0 Å². The number of aliphatic carboxylic acids is 1. The van der Waals surface area contributed by atoms with Crippen molar-refractivity contribution >= 4 is 36.0 Å². The van der Waals surface area contributed by atoms with E-state index in [4.69, 9.17) is 0 Å². The Balaban J connectivity index is 0.00000280. The third-order valence-electron chi connectivity index (χ3n) is 5.88. The van der Waals surface area contributed by atoms with Gasteiger partial charge in [-0.15, -0.1) is 24.2 Å². The van der Waals surface area contributed by atoms with Crippen molar-refractivity contribution < 1.29 is 24.9 Å². The molecule has 8 nitrogen and oxygen atoms in total. The molecule has 3 aliphatic rings. The van der Waals surface area contributed by atoms with Crippen molar-refractivity contribution in [2.45, 2.75) is 56.2 Å². The first-order chi connectivity index (χ1) is 12.8. The van der Waals surface area contributed by atoms with Crippen molar-refractivity contribution in [3.05, 3.63) is 10.6 Å². The summed E-state index contributed by atoms with van der Waals surface area (Å²) in [5, 5.41) is 36.4. The van der Waals surface area contributed by atoms with Crippen LogP contribution in [0.3, 0.4) is 0 Å². The second-order valence-electron chi connectivity index (χ2n) is 7.72. The molecule has 160 valence electrons. The molecule has 0 saturated carbocycles. The molecule has 0 bridgehead atoms. The van der Waals surface area contributed by atoms with Crippen LogP contribution in [0.5, 0.6) is 0 Å². The van der Waals surface area contributed by atoms with E-state index in [2.05, 4.69) is 10.6 Å². The number of carbonyl (C=O) groups is 2. The van der Waals surface area contributed by atoms with E-state index in [-0.39, 0.29) is 47.3 Å². The smallest absolute Gasteiger partial charge is 0.353 e. The first-order valence-corrected chi connectivity index (χ1v) is 10.4. The Morgan fingerprint density at radius 2 is 2.11 bits per heavy atom. The number of hydrogen-bond donors (Lipinski definition) is 5. The van der Waals surface area contributed by atoms with Gasteiger partial charge in [-0.05, 0) is 33.4 Å². The maximum Gasteiger partial charge on any atom is 0.353 e. The fourth-order valence-electron chi connectivity index (χ4n) is 4.47. The van der Waals surface area contributed by atoms with Crippen LogP contribution in [0.15, 0.2) is 10.6 Å². The van der Waals surface area contributed by atoms with Crippen LogP contribution >= 0.6 is 24.2 Å². The van der Waals surface area contributed by atoms with E-state index in [0.717, 1.165) is 13.0 Å². The Labute approximate surface area is 175 Å². The van der Waals surface area contributed by atoms with Crippen molar-refractivity contribution in [1.82, 2.24) is 15.5 Å². The van der Waals surface area contributed by atoms with Gasteiger partial charge < -0.3 is 30.9 Å². The van der Waals surface area contributed by atoms with Crippen LogP contribution in [0.25, 0.3) is 0 Å². The first-order valence-electron chi connectivity index (χ1n) is 9.49. The number of rotatable bonds is 8. The predicted molar refractivity (Wildman–Crippen MR) is 109 cm³/mol. The van der Waals surface area contributed by atoms with Gasteiger partial charge in [-0.1, -0.05) is 6.92 Å². The number of fused-ring (bicyclic) bond motifs is 1. The molecule has 1 amide bonds. The summed E-state index contributed by atoms with van der Waals surface area (Å²) in [6, 6.07) is -0.289. The molecule has 0 spiro atoms. The molecule has 3 rings (SSSR count). The Morgan fingerprint density at radius 1 is 1.43 bits per heavy atom. The number of carboxylic acid groups (broad SMARTS) is 1. The lowest BCUT2D eigenvalue weighted by Crippen LogP contribution is -2.63. The van der Waals surface area contributed by atoms with Gasteiger partial charge in [-0.3, -0.25) is 4.79 Å². The van der Waals surface area contributed by atoms with Gasteiger partial charge in [0.1, 0.15) is 5.70 Å². The molecule has 3 heterocycles. The number of thioether (sulfide) groups is 1. The number of carboxylic acids is 1. The molecule has 3 aliphatic heterocycles. The number of halogens is 1. The molecule has 2 saturated heterocycles. The Hall–Kier alpha value is -0.840. The average molecular weight is 436 g/mol. The molecular weight excluding hydrogens is 406 g/mol. The normalized spacial score (nSPS) is 34.0. The van der Waals surface area contributed by atoms with Crippen molar-refractivity contribution in [3.63, 3.8) is 0 Å². The van der Waals surface area contributed by atoms with Gasteiger partial charge in [0.2, 0.25) is 5.91 Å². The van der Waals surface area contributed by atoms with Crippen molar-refractivity contribution in [2.75, 3.05) is 20.1 Å². The molecule has 0 aromatic carbocycles. The average Bonchev–Trinajstić information content (AvgIpc) is 3.15. The minimum absolute atomic E-state index is 0. The maximum atomic E-state index is 12.4. The summed E-state index contributed by atoms with van der Waals surface area (Å²) in [6.07, 6.45) is 0.168. The van der Waals surface area contributed by atoms with Crippen LogP contribution in [0, 0.1) is 11.8 Å². The summed E-state index contributed by atoms with van der Waals surface area (Å²) >= 11 is 1.50. The second-order valence-corrected chi connectivity index (χ2v) is 9.06. The second kappa shape index (κ2) is 9.32. The fraction of sp³-hybridized carbons (Fsp3) is 0.778. The van der Waals surface area contributed by atoms with E-state index in [1.54, 1.807) is 6.92 Å². The van der Waals surface area contributed by atoms with E-state index >= 15 is 0 Å². The lowest BCUT2D eigenvalue weighted by Gasteiger charge is -2.46. The minimum Gasteiger partial charge on any atom is -0.477 e. The molecule has 10 heteroatoms. The third-order valence-corrected chi connectivity index (χ3v) is 7.40. The fourth-order valence-corrected chi connectivity index (χ4v) is 5.96. The summed E-state index contributed by atoms with van der Waals surface area (Å²) in [7, 11) is 1.85. The highest BCUT2D eigenvalue weighted by molar-refractivity contribution is 8.03. The number of aliphatic hydroxyl groups is 2. The standard InChI is InChI=1S/C18H29N3O5S.ClH/c1-8-14-13(9(2)22)17(24)21(14)15(18(25)26)16(8)27-10-6-11(20-7-10)12(23)4-5-19-3;/h8-14,19-20,22-23H,4-7H2,1-3H3,(H,25,26);1H/t8-,9-,10+,11+,12-,13-,14-;/m1./s1. The van der Waals surface area contributed by atoms with Gasteiger partial charge >= 0.3 is 5.97 Å². The number of nitrogens with one attached hydrogen (secondary N) is 2. The lowest BCUT2D eigenvalue weighted by atomic mass is 9.79. The third kappa shape index (κ3) is 4.06. The van der Waals surface area contributed by atoms with Crippen molar-refractivity contribution in [2.24, 2.45) is 11.8 Å². The summed E-state index contributed by atoms with van der Waals surface area (Å²) in [5.74, 6) is -2.06. The molecule has 2 fully saturated rings. The number of nitrogens with zero attached hydrogens (tertiary/aromatic N) is 1. The van der Waals surface area contributed by atoms with Gasteiger partial charge in [-0.25, -0.2) is 4.79 Å². The van der Waals surface area contributed by atoms with Gasteiger partial charge in [0, 0.05) is 28.7 Å². The molecule has 0 aromatic rings. The van der Waals surface area contributed by atoms with Crippen LogP contribution in [-0.4, -0.2) is 81.8 Å². The monoisotopic (exact) mass is 435 g/mol. The molecule has 5 N–H and O–H groups in total. The molecule has 0 unspecified atom stereocenters. The van der Waals surface area contributed by atoms with Gasteiger partial charge in [0.25, 0.3) is 0 Å². The van der Waals surface area contributed by atoms with Crippen LogP contribution in [0.4, 0.5) is 0 Å². The number of aliphatic hydroxyl groups excluding tert-OH is 2. The zero-order valence-electron chi connectivity index (χ0n) is 16.3. The summed E-state index contributed by atoms with van der Waals surface area (Å²) in [6.45, 7) is 4.94. The predicted octanol–water partition coefficient (Wildman–Crippen LogP) is -0.00400. The number of amides is 1. The molecule has 28 heavy (non-hydrogen) atoms. The van der Waals surface area contributed by atoms with E-state index in [0.29, 0.717) is 17.9 Å². The van der Waals surface area contributed by atoms with Gasteiger partial charge in [0.15, 0.2) is 0 Å². The van der Waals surface area contributed by atoms with E-state index < -0.39 is 24.1 Å². The van der Waals surface area contributed by atoms with E-state index in [9.17, 15) is 24.9 Å². The minimum atomic E-state index is -1.10. The van der Waals surface area contributed by atoms with E-state index in [1.165, 1.54) is 16.7 Å². The number of β-lactam (4-membered cyclic amide) rings is 1. The largest absolute Gasteiger partial charge is 0.477 e. The molecule has 7 atom stereocenters. The zero-order chi connectivity index (χ0) is 19.9. The van der Waals surface area contributed by atoms with Crippen LogP contribution in [-0.2, 0) is 9.59 Å². The SMILES string of the molecule is CNCC[C@@H](O)[C@@H]1C[C@H](SC2=C(C(=O)O)N3C(=O)[C@H]([C@@H](C)O)[C@H]3[C@H]2C)CN1.Cl. The van der Waals surface area contributed by atoms with Gasteiger partial charge in [-0.2, -0.15) is 0 Å². The molecular formula is C18H30ClN3O5S. The first kappa shape index (κ1) is 23.4. The van der Waals surface area contributed by atoms with Crippen LogP contribution in [0.2, 0.25) is 0 Å². The van der Waals surface area contributed by atoms with Crippen LogP contribution in [0.1, 0.15) is 26.7 Å². The highest BCUT2D eigenvalue weighted by atomic mass is 35.5. The van der Waals surface area contributed by atoms with Crippen molar-refractivity contribution in [3.8, 4) is 0 Å². The molecule has 0 radical (unpaired) electrons.